The van der Waals surface area contributed by atoms with Crippen LogP contribution >= 0.6 is 15.9 Å². The van der Waals surface area contributed by atoms with Crippen molar-refractivity contribution >= 4 is 15.9 Å². The monoisotopic (exact) mass is 219 g/mol. The summed E-state index contributed by atoms with van der Waals surface area (Å²) in [6, 6.07) is 0. The molecule has 1 heterocycles. The molecule has 0 amide bonds. The van der Waals surface area contributed by atoms with Gasteiger partial charge in [0, 0.05) is 24.2 Å². The van der Waals surface area contributed by atoms with E-state index in [2.05, 4.69) is 27.4 Å². The molecule has 0 aliphatic carbocycles. The van der Waals surface area contributed by atoms with Crippen LogP contribution in [0.3, 0.4) is 0 Å². The minimum Gasteiger partial charge on any atom is -0.396 e. The van der Waals surface area contributed by atoms with Gasteiger partial charge in [-0.15, -0.1) is 0 Å². The third kappa shape index (κ3) is 2.93. The van der Waals surface area contributed by atoms with Crippen LogP contribution in [0.4, 0.5) is 0 Å². The average Bonchev–Trinajstić information content (AvgIpc) is 2.34. The third-order valence-electron chi connectivity index (χ3n) is 2.02. The van der Waals surface area contributed by atoms with E-state index >= 15 is 0 Å². The van der Waals surface area contributed by atoms with Crippen molar-refractivity contribution in [2.24, 2.45) is 5.92 Å². The van der Waals surface area contributed by atoms with Crippen LogP contribution in [-0.4, -0.2) is 36.2 Å². The van der Waals surface area contributed by atoms with Gasteiger partial charge in [-0.05, 0) is 18.9 Å². The largest absolute Gasteiger partial charge is 0.396 e. The highest BCUT2D eigenvalue weighted by Crippen LogP contribution is 2.17. The Morgan fingerprint density at radius 2 is 2.45 bits per heavy atom. The van der Waals surface area contributed by atoms with Gasteiger partial charge in [0.2, 0.25) is 0 Å². The normalized spacial score (nSPS) is 25.8. The molecule has 0 aromatic carbocycles. The molecule has 1 fully saturated rings. The molecule has 1 aliphatic rings. The fourth-order valence-corrected chi connectivity index (χ4v) is 1.80. The zero-order valence-corrected chi connectivity index (χ0v) is 8.18. The number of halogens is 1. The molecule has 64 valence electrons. The van der Waals surface area contributed by atoms with Crippen LogP contribution in [0.1, 0.15) is 6.42 Å². The molecular weight excluding hydrogens is 206 g/mol. The van der Waals surface area contributed by atoms with E-state index in [1.807, 2.05) is 0 Å². The summed E-state index contributed by atoms with van der Waals surface area (Å²) in [5.74, 6) is 0.488. The van der Waals surface area contributed by atoms with Crippen LogP contribution in [0.5, 0.6) is 0 Å². The van der Waals surface area contributed by atoms with Crippen molar-refractivity contribution in [1.29, 1.82) is 0 Å². The van der Waals surface area contributed by atoms with Gasteiger partial charge in [0.15, 0.2) is 0 Å². The first kappa shape index (κ1) is 9.23. The summed E-state index contributed by atoms with van der Waals surface area (Å²) in [7, 11) is 0. The second-order valence-electron chi connectivity index (χ2n) is 3.09. The zero-order valence-electron chi connectivity index (χ0n) is 6.59. The second-order valence-corrected chi connectivity index (χ2v) is 4.21. The van der Waals surface area contributed by atoms with Crippen molar-refractivity contribution in [2.75, 3.05) is 26.2 Å². The first-order valence-electron chi connectivity index (χ1n) is 3.89. The summed E-state index contributed by atoms with van der Waals surface area (Å²) >= 11 is 3.33. The molecule has 11 heavy (non-hydrogen) atoms. The van der Waals surface area contributed by atoms with E-state index in [0.717, 1.165) is 30.5 Å². The van der Waals surface area contributed by atoms with Gasteiger partial charge in [0.05, 0.1) is 0 Å². The van der Waals surface area contributed by atoms with E-state index in [-0.39, 0.29) is 0 Å². The highest BCUT2D eigenvalue weighted by molar-refractivity contribution is 9.11. The van der Waals surface area contributed by atoms with Crippen LogP contribution in [0, 0.1) is 5.92 Å². The number of aliphatic hydroxyl groups excluding tert-OH is 1. The molecule has 0 aromatic heterocycles. The maximum absolute atomic E-state index is 8.86. The zero-order chi connectivity index (χ0) is 8.27. The van der Waals surface area contributed by atoms with Crippen LogP contribution < -0.4 is 0 Å². The third-order valence-corrected chi connectivity index (χ3v) is 2.27. The maximum atomic E-state index is 8.86. The van der Waals surface area contributed by atoms with Crippen molar-refractivity contribution < 1.29 is 5.11 Å². The average molecular weight is 220 g/mol. The summed E-state index contributed by atoms with van der Waals surface area (Å²) < 4.78 is 1.02. The van der Waals surface area contributed by atoms with E-state index in [4.69, 9.17) is 5.11 Å². The maximum Gasteiger partial charge on any atom is 0.0471 e. The summed E-state index contributed by atoms with van der Waals surface area (Å²) in [6.45, 7) is 7.13. The molecule has 1 aliphatic heterocycles. The molecule has 0 aromatic rings. The van der Waals surface area contributed by atoms with E-state index in [9.17, 15) is 0 Å². The van der Waals surface area contributed by atoms with Gasteiger partial charge in [-0.3, -0.25) is 4.90 Å². The van der Waals surface area contributed by atoms with E-state index < -0.39 is 0 Å². The van der Waals surface area contributed by atoms with Gasteiger partial charge in [-0.2, -0.15) is 0 Å². The van der Waals surface area contributed by atoms with Crippen molar-refractivity contribution in [3.05, 3.63) is 11.1 Å². The summed E-state index contributed by atoms with van der Waals surface area (Å²) in [6.07, 6.45) is 1.12. The molecular formula is C8H14BrNO. The molecule has 1 atom stereocenters. The molecule has 1 N–H and O–H groups in total. The van der Waals surface area contributed by atoms with Crippen molar-refractivity contribution in [3.63, 3.8) is 0 Å². The number of likely N-dealkylation sites (tertiary alicyclic amines) is 1. The van der Waals surface area contributed by atoms with E-state index in [0.29, 0.717) is 12.5 Å². The molecule has 3 heteroatoms. The van der Waals surface area contributed by atoms with Crippen molar-refractivity contribution in [1.82, 2.24) is 4.90 Å². The standard InChI is InChI=1S/C8H14BrNO/c1-7(9)4-10-3-2-8(5-10)6-11/h8,11H,1-6H2. The SMILES string of the molecule is C=C(Br)CN1CCC(CO)C1. The Morgan fingerprint density at radius 3 is 2.91 bits per heavy atom. The lowest BCUT2D eigenvalue weighted by Crippen LogP contribution is -2.22. The molecule has 1 unspecified atom stereocenters. The molecule has 0 radical (unpaired) electrons. The predicted octanol–water partition coefficient (Wildman–Crippen LogP) is 1.21. The Hall–Kier alpha value is 0.140. The number of rotatable bonds is 3. The van der Waals surface area contributed by atoms with Gasteiger partial charge < -0.3 is 5.11 Å². The molecule has 0 saturated carbocycles. The quantitative estimate of drug-likeness (QED) is 0.772. The minimum absolute atomic E-state index is 0.325. The summed E-state index contributed by atoms with van der Waals surface area (Å²) in [5.41, 5.74) is 0. The van der Waals surface area contributed by atoms with Gasteiger partial charge >= 0.3 is 0 Å². The lowest BCUT2D eigenvalue weighted by atomic mass is 10.1. The summed E-state index contributed by atoms with van der Waals surface area (Å²) in [4.78, 5) is 2.30. The fraction of sp³-hybridized carbons (Fsp3) is 0.750. The Morgan fingerprint density at radius 1 is 1.73 bits per heavy atom. The first-order chi connectivity index (χ1) is 5.22. The number of hydrogen-bond acceptors (Lipinski definition) is 2. The molecule has 0 bridgehead atoms. The van der Waals surface area contributed by atoms with Gasteiger partial charge in [-0.25, -0.2) is 0 Å². The Balaban J connectivity index is 2.24. The first-order valence-corrected chi connectivity index (χ1v) is 4.68. The topological polar surface area (TPSA) is 23.5 Å². The number of nitrogens with zero attached hydrogens (tertiary/aromatic N) is 1. The Labute approximate surface area is 76.0 Å². The second kappa shape index (κ2) is 4.24. The minimum atomic E-state index is 0.325. The van der Waals surface area contributed by atoms with Gasteiger partial charge in [-0.1, -0.05) is 22.5 Å². The van der Waals surface area contributed by atoms with Crippen LogP contribution in [0.2, 0.25) is 0 Å². The molecule has 1 rings (SSSR count). The van der Waals surface area contributed by atoms with Crippen molar-refractivity contribution in [2.45, 2.75) is 6.42 Å². The molecule has 2 nitrogen and oxygen atoms in total. The van der Waals surface area contributed by atoms with Gasteiger partial charge in [0.25, 0.3) is 0 Å². The Kier molecular flexibility index (Phi) is 3.55. The van der Waals surface area contributed by atoms with Crippen LogP contribution in [0.25, 0.3) is 0 Å². The van der Waals surface area contributed by atoms with Crippen LogP contribution in [-0.2, 0) is 0 Å². The predicted molar refractivity (Wildman–Crippen MR) is 49.7 cm³/mol. The van der Waals surface area contributed by atoms with Crippen molar-refractivity contribution in [3.8, 4) is 0 Å². The fourth-order valence-electron chi connectivity index (χ4n) is 1.45. The lowest BCUT2D eigenvalue weighted by molar-refractivity contribution is 0.225. The molecule has 1 saturated heterocycles. The molecule has 0 spiro atoms. The number of aliphatic hydroxyl groups is 1. The van der Waals surface area contributed by atoms with E-state index in [1.165, 1.54) is 0 Å². The smallest absolute Gasteiger partial charge is 0.0471 e. The van der Waals surface area contributed by atoms with E-state index in [1.54, 1.807) is 0 Å². The van der Waals surface area contributed by atoms with Crippen LogP contribution in [0.15, 0.2) is 11.1 Å². The highest BCUT2D eigenvalue weighted by Gasteiger charge is 2.21. The Bertz CT molecular complexity index is 149. The summed E-state index contributed by atoms with van der Waals surface area (Å²) in [5, 5.41) is 8.86. The van der Waals surface area contributed by atoms with Gasteiger partial charge in [0.1, 0.15) is 0 Å². The highest BCUT2D eigenvalue weighted by atomic mass is 79.9. The lowest BCUT2D eigenvalue weighted by Gasteiger charge is -2.13. The number of hydrogen-bond donors (Lipinski definition) is 1.